The van der Waals surface area contributed by atoms with Crippen molar-refractivity contribution >= 4 is 23.4 Å². The molecule has 0 aliphatic heterocycles. The monoisotopic (exact) mass is 441 g/mol. The molecule has 0 atom stereocenters. The second-order valence-corrected chi connectivity index (χ2v) is 8.99. The highest BCUT2D eigenvalue weighted by Crippen LogP contribution is 2.23. The summed E-state index contributed by atoms with van der Waals surface area (Å²) in [5.41, 5.74) is 7.95. The number of aromatic nitrogens is 4. The van der Waals surface area contributed by atoms with Crippen LogP contribution in [0.5, 0.6) is 0 Å². The highest BCUT2D eigenvalue weighted by atomic mass is 32.2. The Morgan fingerprint density at radius 2 is 1.81 bits per heavy atom. The van der Waals surface area contributed by atoms with Crippen molar-refractivity contribution in [1.82, 2.24) is 18.7 Å². The van der Waals surface area contributed by atoms with Crippen molar-refractivity contribution in [3.63, 3.8) is 0 Å². The summed E-state index contributed by atoms with van der Waals surface area (Å²) in [7, 11) is 1.36. The molecule has 0 amide bonds. The van der Waals surface area contributed by atoms with E-state index in [0.29, 0.717) is 11.7 Å². The number of ketones is 1. The number of imidazole rings is 1. The smallest absolute Gasteiger partial charge is 0.332 e. The maximum atomic E-state index is 13.0. The lowest BCUT2D eigenvalue weighted by Gasteiger charge is -2.16. The molecule has 0 radical (unpaired) electrons. The number of Topliss-reactive ketones (excluding diaryl/α,β-unsaturated/α-hetero) is 1. The Morgan fingerprint density at radius 3 is 2.42 bits per heavy atom. The van der Waals surface area contributed by atoms with E-state index in [0.717, 1.165) is 21.4 Å². The second kappa shape index (κ2) is 8.97. The van der Waals surface area contributed by atoms with E-state index in [9.17, 15) is 14.4 Å². The van der Waals surface area contributed by atoms with Crippen molar-refractivity contribution in [2.24, 2.45) is 13.0 Å². The first-order valence-corrected chi connectivity index (χ1v) is 11.0. The summed E-state index contributed by atoms with van der Waals surface area (Å²) in [6, 6.07) is 6.16. The van der Waals surface area contributed by atoms with E-state index < -0.39 is 17.0 Å². The lowest BCUT2D eigenvalue weighted by atomic mass is 10.1. The van der Waals surface area contributed by atoms with Crippen LogP contribution in [-0.4, -0.2) is 30.2 Å². The Balaban J connectivity index is 1.91. The Labute approximate surface area is 184 Å². The van der Waals surface area contributed by atoms with E-state index in [-0.39, 0.29) is 23.1 Å². The number of hydrogen-bond acceptors (Lipinski definition) is 6. The summed E-state index contributed by atoms with van der Waals surface area (Å²) in [6.07, 6.45) is 3.50. The van der Waals surface area contributed by atoms with Crippen LogP contribution in [0.1, 0.15) is 35.3 Å². The lowest BCUT2D eigenvalue weighted by molar-refractivity contribution is 0.102. The van der Waals surface area contributed by atoms with Gasteiger partial charge in [0.15, 0.2) is 10.9 Å². The Morgan fingerprint density at radius 1 is 1.16 bits per heavy atom. The molecule has 8 nitrogen and oxygen atoms in total. The van der Waals surface area contributed by atoms with Gasteiger partial charge in [0.05, 0.1) is 5.75 Å². The molecule has 1 aromatic carbocycles. The number of nitrogen functional groups attached to an aromatic ring is 1. The van der Waals surface area contributed by atoms with E-state index in [1.165, 1.54) is 23.4 Å². The highest BCUT2D eigenvalue weighted by molar-refractivity contribution is 7.99. The van der Waals surface area contributed by atoms with Crippen LogP contribution < -0.4 is 17.0 Å². The first kappa shape index (κ1) is 22.6. The molecule has 31 heavy (non-hydrogen) atoms. The molecular formula is C22H27N5O3S. The van der Waals surface area contributed by atoms with Gasteiger partial charge in [0.1, 0.15) is 11.4 Å². The van der Waals surface area contributed by atoms with Crippen LogP contribution in [-0.2, 0) is 13.6 Å². The number of nitrogens with two attached hydrogens (primary N) is 1. The maximum Gasteiger partial charge on any atom is 0.332 e. The van der Waals surface area contributed by atoms with E-state index in [1.807, 2.05) is 50.6 Å². The van der Waals surface area contributed by atoms with Crippen LogP contribution in [0.25, 0.3) is 5.69 Å². The summed E-state index contributed by atoms with van der Waals surface area (Å²) in [4.78, 5) is 42.4. The van der Waals surface area contributed by atoms with Crippen LogP contribution in [0.15, 0.2) is 45.3 Å². The van der Waals surface area contributed by atoms with E-state index >= 15 is 0 Å². The van der Waals surface area contributed by atoms with Gasteiger partial charge in [0, 0.05) is 31.7 Å². The van der Waals surface area contributed by atoms with E-state index in [1.54, 1.807) is 6.20 Å². The van der Waals surface area contributed by atoms with Crippen molar-refractivity contribution in [3.8, 4) is 5.69 Å². The van der Waals surface area contributed by atoms with Gasteiger partial charge >= 0.3 is 5.69 Å². The van der Waals surface area contributed by atoms with Gasteiger partial charge in [0.25, 0.3) is 5.56 Å². The summed E-state index contributed by atoms with van der Waals surface area (Å²) in [5, 5.41) is 0.629. The predicted molar refractivity (Wildman–Crippen MR) is 123 cm³/mol. The van der Waals surface area contributed by atoms with Crippen LogP contribution >= 0.6 is 11.8 Å². The minimum Gasteiger partial charge on any atom is -0.384 e. The molecular weight excluding hydrogens is 414 g/mol. The van der Waals surface area contributed by atoms with Crippen molar-refractivity contribution in [2.45, 2.75) is 39.4 Å². The molecule has 0 bridgehead atoms. The topological polar surface area (TPSA) is 105 Å². The molecule has 0 aliphatic rings. The molecule has 0 aliphatic carbocycles. The number of anilines is 1. The molecule has 0 unspecified atom stereocenters. The largest absolute Gasteiger partial charge is 0.384 e. The molecule has 0 spiro atoms. The fraction of sp³-hybridized carbons (Fsp3) is 0.364. The Hall–Kier alpha value is -3.07. The van der Waals surface area contributed by atoms with Crippen LogP contribution in [0.3, 0.4) is 0 Å². The number of benzene rings is 1. The molecule has 2 aromatic heterocycles. The number of hydrogen-bond donors (Lipinski definition) is 1. The fourth-order valence-electron chi connectivity index (χ4n) is 3.47. The lowest BCUT2D eigenvalue weighted by Crippen LogP contribution is -2.43. The zero-order valence-corrected chi connectivity index (χ0v) is 19.2. The van der Waals surface area contributed by atoms with E-state index in [2.05, 4.69) is 11.1 Å². The molecule has 9 heteroatoms. The van der Waals surface area contributed by atoms with Gasteiger partial charge in [-0.3, -0.25) is 23.3 Å². The normalized spacial score (nSPS) is 11.3. The average Bonchev–Trinajstić information content (AvgIpc) is 3.16. The third kappa shape index (κ3) is 4.66. The Kier molecular flexibility index (Phi) is 6.54. The maximum absolute atomic E-state index is 13.0. The summed E-state index contributed by atoms with van der Waals surface area (Å²) >= 11 is 1.22. The summed E-state index contributed by atoms with van der Waals surface area (Å²) < 4.78 is 4.13. The number of carbonyl (C=O) groups is 1. The number of aryl methyl sites for hydroxylation is 2. The zero-order valence-electron chi connectivity index (χ0n) is 18.4. The van der Waals surface area contributed by atoms with Crippen LogP contribution in [0.2, 0.25) is 0 Å². The minimum absolute atomic E-state index is 0.0267. The van der Waals surface area contributed by atoms with Gasteiger partial charge in [0.2, 0.25) is 0 Å². The first-order valence-electron chi connectivity index (χ1n) is 9.97. The molecule has 0 saturated heterocycles. The second-order valence-electron chi connectivity index (χ2n) is 8.05. The summed E-state index contributed by atoms with van der Waals surface area (Å²) in [5.74, 6) is -0.415. The van der Waals surface area contributed by atoms with Crippen molar-refractivity contribution in [2.75, 3.05) is 11.5 Å². The molecule has 0 fully saturated rings. The first-order chi connectivity index (χ1) is 14.6. The van der Waals surface area contributed by atoms with E-state index in [4.69, 9.17) is 5.73 Å². The molecule has 2 N–H and O–H groups in total. The highest BCUT2D eigenvalue weighted by Gasteiger charge is 2.22. The predicted octanol–water partition coefficient (Wildman–Crippen LogP) is 2.56. The van der Waals surface area contributed by atoms with Crippen molar-refractivity contribution in [1.29, 1.82) is 0 Å². The number of rotatable bonds is 7. The van der Waals surface area contributed by atoms with Crippen LogP contribution in [0, 0.1) is 19.8 Å². The zero-order chi connectivity index (χ0) is 22.9. The Bertz CT molecular complexity index is 1230. The SMILES string of the molecule is Cc1cc(C)cc(-n2ccnc2SCC(=O)c2c(N)n(CC(C)C)c(=O)n(C)c2=O)c1. The minimum atomic E-state index is -0.675. The van der Waals surface area contributed by atoms with Gasteiger partial charge in [-0.1, -0.05) is 31.7 Å². The molecule has 3 aromatic rings. The van der Waals surface area contributed by atoms with Crippen molar-refractivity contribution < 1.29 is 4.79 Å². The van der Waals surface area contributed by atoms with Gasteiger partial charge in [-0.2, -0.15) is 0 Å². The van der Waals surface area contributed by atoms with Crippen molar-refractivity contribution in [3.05, 3.63) is 68.1 Å². The van der Waals surface area contributed by atoms with Gasteiger partial charge in [-0.25, -0.2) is 9.78 Å². The van der Waals surface area contributed by atoms with Gasteiger partial charge in [-0.05, 0) is 43.0 Å². The number of carbonyl (C=O) groups excluding carboxylic acids is 1. The van der Waals surface area contributed by atoms with Crippen LogP contribution in [0.4, 0.5) is 5.82 Å². The molecule has 3 rings (SSSR count). The average molecular weight is 442 g/mol. The van der Waals surface area contributed by atoms with Gasteiger partial charge in [-0.15, -0.1) is 0 Å². The number of thioether (sulfide) groups is 1. The van der Waals surface area contributed by atoms with Gasteiger partial charge < -0.3 is 5.73 Å². The molecule has 0 saturated carbocycles. The fourth-order valence-corrected chi connectivity index (χ4v) is 4.32. The molecule has 2 heterocycles. The quantitative estimate of drug-likeness (QED) is 0.446. The standard InChI is InChI=1S/C22H27N5O3S/c1-13(2)11-27-19(23)18(20(29)25(5)22(27)30)17(28)12-31-21-24-6-7-26(21)16-9-14(3)8-15(4)10-16/h6-10,13H,11-12,23H2,1-5H3. The third-order valence-electron chi connectivity index (χ3n) is 4.83. The third-order valence-corrected chi connectivity index (χ3v) is 5.80. The summed E-state index contributed by atoms with van der Waals surface area (Å²) in [6.45, 7) is 8.23. The number of nitrogens with zero attached hydrogens (tertiary/aromatic N) is 4. The molecule has 164 valence electrons.